The summed E-state index contributed by atoms with van der Waals surface area (Å²) < 4.78 is 4.86. The fourth-order valence-corrected chi connectivity index (χ4v) is 1.82. The van der Waals surface area contributed by atoms with Gasteiger partial charge in [-0.15, -0.1) is 0 Å². The molecular formula is C13H15Cl2NO3. The molecule has 1 aromatic carbocycles. The zero-order chi connectivity index (χ0) is 14.4. The van der Waals surface area contributed by atoms with Gasteiger partial charge < -0.3 is 10.1 Å². The minimum atomic E-state index is -0.713. The third kappa shape index (κ3) is 5.09. The Hall–Kier alpha value is -1.26. The molecule has 0 spiro atoms. The van der Waals surface area contributed by atoms with E-state index >= 15 is 0 Å². The molecule has 0 saturated heterocycles. The fourth-order valence-electron chi connectivity index (χ4n) is 1.27. The number of esters is 1. The van der Waals surface area contributed by atoms with Gasteiger partial charge in [-0.25, -0.2) is 4.79 Å². The lowest BCUT2D eigenvalue weighted by Gasteiger charge is -2.09. The molecule has 1 aromatic rings. The zero-order valence-electron chi connectivity index (χ0n) is 10.7. The fraction of sp³-hybridized carbons (Fsp3) is 0.385. The summed E-state index contributed by atoms with van der Waals surface area (Å²) in [5, 5.41) is 3.03. The number of carbonyl (C=O) groups is 2. The van der Waals surface area contributed by atoms with E-state index in [1.807, 2.05) is 13.8 Å². The Morgan fingerprint density at radius 1 is 1.26 bits per heavy atom. The molecule has 0 aliphatic heterocycles. The Labute approximate surface area is 122 Å². The maximum atomic E-state index is 11.8. The average molecular weight is 304 g/mol. The number of hydrogen-bond acceptors (Lipinski definition) is 3. The van der Waals surface area contributed by atoms with Crippen LogP contribution in [0.4, 0.5) is 0 Å². The van der Waals surface area contributed by atoms with E-state index in [0.29, 0.717) is 12.5 Å². The van der Waals surface area contributed by atoms with E-state index in [2.05, 4.69) is 5.32 Å². The van der Waals surface area contributed by atoms with Crippen molar-refractivity contribution in [2.45, 2.75) is 13.8 Å². The summed E-state index contributed by atoms with van der Waals surface area (Å²) in [6.07, 6.45) is 0. The van der Waals surface area contributed by atoms with Gasteiger partial charge in [0.1, 0.15) is 0 Å². The van der Waals surface area contributed by atoms with Crippen LogP contribution in [0.1, 0.15) is 24.2 Å². The lowest BCUT2D eigenvalue weighted by Crippen LogP contribution is -2.31. The van der Waals surface area contributed by atoms with Gasteiger partial charge >= 0.3 is 5.97 Å². The van der Waals surface area contributed by atoms with Crippen LogP contribution in [-0.4, -0.2) is 25.0 Å². The van der Waals surface area contributed by atoms with E-state index < -0.39 is 5.97 Å². The quantitative estimate of drug-likeness (QED) is 0.851. The number of hydrogen-bond donors (Lipinski definition) is 1. The van der Waals surface area contributed by atoms with Crippen LogP contribution < -0.4 is 5.32 Å². The summed E-state index contributed by atoms with van der Waals surface area (Å²) >= 11 is 11.7. The predicted octanol–water partition coefficient (Wildman–Crippen LogP) is 2.92. The molecule has 0 heterocycles. The summed E-state index contributed by atoms with van der Waals surface area (Å²) in [6.45, 7) is 4.11. The highest BCUT2D eigenvalue weighted by Crippen LogP contribution is 2.24. The minimum absolute atomic E-state index is 0.0718. The van der Waals surface area contributed by atoms with E-state index in [0.717, 1.165) is 0 Å². The van der Waals surface area contributed by atoms with Crippen LogP contribution in [0.15, 0.2) is 18.2 Å². The van der Waals surface area contributed by atoms with E-state index in [1.165, 1.54) is 12.1 Å². The van der Waals surface area contributed by atoms with Gasteiger partial charge in [0.25, 0.3) is 5.91 Å². The van der Waals surface area contributed by atoms with Gasteiger partial charge in [0.15, 0.2) is 6.61 Å². The standard InChI is InChI=1S/C13H15Cl2NO3/c1-8(2)6-16-11(17)7-19-13(18)12-9(14)4-3-5-10(12)15/h3-5,8H,6-7H2,1-2H3,(H,16,17). The van der Waals surface area contributed by atoms with Crippen molar-refractivity contribution in [3.8, 4) is 0 Å². The maximum Gasteiger partial charge on any atom is 0.341 e. The lowest BCUT2D eigenvalue weighted by atomic mass is 10.2. The van der Waals surface area contributed by atoms with Gasteiger partial charge in [-0.1, -0.05) is 43.1 Å². The SMILES string of the molecule is CC(C)CNC(=O)COC(=O)c1c(Cl)cccc1Cl. The number of rotatable bonds is 5. The molecule has 0 bridgehead atoms. The predicted molar refractivity (Wildman–Crippen MR) is 74.6 cm³/mol. The Morgan fingerprint density at radius 3 is 2.37 bits per heavy atom. The summed E-state index contributed by atoms with van der Waals surface area (Å²) in [5.74, 6) is -0.738. The van der Waals surface area contributed by atoms with Gasteiger partial charge in [0.05, 0.1) is 15.6 Å². The first kappa shape index (κ1) is 15.8. The summed E-state index contributed by atoms with van der Waals surface area (Å²) in [4.78, 5) is 23.2. The van der Waals surface area contributed by atoms with Crippen molar-refractivity contribution in [2.24, 2.45) is 5.92 Å². The zero-order valence-corrected chi connectivity index (χ0v) is 12.2. The molecule has 0 saturated carbocycles. The van der Waals surface area contributed by atoms with Crippen LogP contribution in [-0.2, 0) is 9.53 Å². The molecule has 19 heavy (non-hydrogen) atoms. The van der Waals surface area contributed by atoms with Crippen molar-refractivity contribution in [1.29, 1.82) is 0 Å². The van der Waals surface area contributed by atoms with Crippen molar-refractivity contribution >= 4 is 35.1 Å². The highest BCUT2D eigenvalue weighted by Gasteiger charge is 2.17. The Morgan fingerprint density at radius 2 is 1.84 bits per heavy atom. The molecule has 6 heteroatoms. The van der Waals surface area contributed by atoms with E-state index in [4.69, 9.17) is 27.9 Å². The van der Waals surface area contributed by atoms with Crippen LogP contribution in [0.25, 0.3) is 0 Å². The Balaban J connectivity index is 2.54. The van der Waals surface area contributed by atoms with Crippen LogP contribution in [0, 0.1) is 5.92 Å². The number of amides is 1. The molecule has 104 valence electrons. The van der Waals surface area contributed by atoms with Gasteiger partial charge in [0.2, 0.25) is 0 Å². The van der Waals surface area contributed by atoms with Crippen molar-refractivity contribution in [2.75, 3.05) is 13.2 Å². The van der Waals surface area contributed by atoms with E-state index in [9.17, 15) is 9.59 Å². The first-order chi connectivity index (χ1) is 8.91. The van der Waals surface area contributed by atoms with Gasteiger partial charge in [-0.3, -0.25) is 4.79 Å². The number of carbonyl (C=O) groups excluding carboxylic acids is 2. The van der Waals surface area contributed by atoms with Crippen molar-refractivity contribution in [1.82, 2.24) is 5.32 Å². The van der Waals surface area contributed by atoms with E-state index in [1.54, 1.807) is 6.07 Å². The maximum absolute atomic E-state index is 11.8. The second-order valence-electron chi connectivity index (χ2n) is 4.37. The third-order valence-corrected chi connectivity index (χ3v) is 2.84. The molecule has 0 aliphatic rings. The Bertz CT molecular complexity index is 455. The van der Waals surface area contributed by atoms with Gasteiger partial charge in [0, 0.05) is 6.54 Å². The molecule has 0 unspecified atom stereocenters. The molecule has 0 radical (unpaired) electrons. The molecule has 0 atom stereocenters. The van der Waals surface area contributed by atoms with Crippen LogP contribution in [0.3, 0.4) is 0 Å². The van der Waals surface area contributed by atoms with Crippen LogP contribution in [0.5, 0.6) is 0 Å². The number of benzene rings is 1. The second kappa shape index (κ2) is 7.36. The van der Waals surface area contributed by atoms with Gasteiger partial charge in [-0.05, 0) is 18.1 Å². The molecule has 0 aliphatic carbocycles. The first-order valence-corrected chi connectivity index (χ1v) is 6.55. The minimum Gasteiger partial charge on any atom is -0.452 e. The molecule has 1 amide bonds. The lowest BCUT2D eigenvalue weighted by molar-refractivity contribution is -0.124. The number of ether oxygens (including phenoxy) is 1. The third-order valence-electron chi connectivity index (χ3n) is 2.21. The van der Waals surface area contributed by atoms with Crippen molar-refractivity contribution in [3.63, 3.8) is 0 Å². The van der Waals surface area contributed by atoms with Gasteiger partial charge in [-0.2, -0.15) is 0 Å². The molecular weight excluding hydrogens is 289 g/mol. The van der Waals surface area contributed by atoms with Crippen LogP contribution >= 0.6 is 23.2 Å². The Kier molecular flexibility index (Phi) is 6.12. The second-order valence-corrected chi connectivity index (χ2v) is 5.19. The molecule has 4 nitrogen and oxygen atoms in total. The molecule has 0 aromatic heterocycles. The molecule has 1 rings (SSSR count). The smallest absolute Gasteiger partial charge is 0.341 e. The highest BCUT2D eigenvalue weighted by molar-refractivity contribution is 6.39. The largest absolute Gasteiger partial charge is 0.452 e. The normalized spacial score (nSPS) is 10.4. The van der Waals surface area contributed by atoms with Crippen LogP contribution in [0.2, 0.25) is 10.0 Å². The average Bonchev–Trinajstić information content (AvgIpc) is 2.33. The van der Waals surface area contributed by atoms with E-state index in [-0.39, 0.29) is 28.1 Å². The monoisotopic (exact) mass is 303 g/mol. The molecule has 1 N–H and O–H groups in total. The number of halogens is 2. The first-order valence-electron chi connectivity index (χ1n) is 5.79. The van der Waals surface area contributed by atoms with Crippen molar-refractivity contribution in [3.05, 3.63) is 33.8 Å². The summed E-state index contributed by atoms with van der Waals surface area (Å²) in [5.41, 5.74) is 0.0718. The highest BCUT2D eigenvalue weighted by atomic mass is 35.5. The molecule has 0 fully saturated rings. The summed E-state index contributed by atoms with van der Waals surface area (Å²) in [7, 11) is 0. The summed E-state index contributed by atoms with van der Waals surface area (Å²) in [6, 6.07) is 4.68. The topological polar surface area (TPSA) is 55.4 Å². The number of nitrogens with one attached hydrogen (secondary N) is 1. The van der Waals surface area contributed by atoms with Crippen molar-refractivity contribution < 1.29 is 14.3 Å².